The Bertz CT molecular complexity index is 348. The maximum atomic E-state index is 7.52. The topological polar surface area (TPSA) is 67.7 Å². The Labute approximate surface area is 84.5 Å². The van der Waals surface area contributed by atoms with Crippen LogP contribution in [0.25, 0.3) is 0 Å². The molecule has 4 nitrogen and oxygen atoms in total. The monoisotopic (exact) mass is 248 g/mol. The van der Waals surface area contributed by atoms with Gasteiger partial charge in [-0.05, 0) is 0 Å². The van der Waals surface area contributed by atoms with E-state index in [0.717, 1.165) is 17.5 Å². The maximum absolute atomic E-state index is 7.52. The van der Waals surface area contributed by atoms with Crippen LogP contribution in [0.4, 0.5) is 5.82 Å². The van der Waals surface area contributed by atoms with Gasteiger partial charge in [0.15, 0.2) is 5.16 Å². The molecular weight excluding hydrogens is 240 g/mol. The molecule has 0 saturated carbocycles. The molecule has 12 heavy (non-hydrogen) atoms. The minimum absolute atomic E-state index is 0. The lowest BCUT2D eigenvalue weighted by Crippen LogP contribution is -2.20. The van der Waals surface area contributed by atoms with Crippen LogP contribution in [0.1, 0.15) is 0 Å². The summed E-state index contributed by atoms with van der Waals surface area (Å²) in [6.45, 7) is 0.881. The summed E-state index contributed by atoms with van der Waals surface area (Å²) in [7, 11) is 0. The van der Waals surface area contributed by atoms with Gasteiger partial charge in [-0.25, -0.2) is 4.98 Å². The molecular formula is C6H9BrN4S. The van der Waals surface area contributed by atoms with Gasteiger partial charge in [-0.1, -0.05) is 11.8 Å². The fourth-order valence-electron chi connectivity index (χ4n) is 1.08. The highest BCUT2D eigenvalue weighted by atomic mass is 79.9. The van der Waals surface area contributed by atoms with Crippen molar-refractivity contribution in [2.24, 2.45) is 0 Å². The Kier molecular flexibility index (Phi) is 2.79. The third-order valence-corrected chi connectivity index (χ3v) is 2.53. The second kappa shape index (κ2) is 3.49. The highest BCUT2D eigenvalue weighted by Crippen LogP contribution is 2.20. The van der Waals surface area contributed by atoms with Crippen molar-refractivity contribution in [1.29, 1.82) is 5.41 Å². The molecule has 0 aliphatic carbocycles. The number of hydrogen-bond acceptors (Lipinski definition) is 4. The second-order valence-electron chi connectivity index (χ2n) is 2.35. The summed E-state index contributed by atoms with van der Waals surface area (Å²) >= 11 is 1.65. The van der Waals surface area contributed by atoms with Gasteiger partial charge in [0.05, 0.1) is 0 Å². The van der Waals surface area contributed by atoms with Gasteiger partial charge < -0.3 is 10.3 Å². The van der Waals surface area contributed by atoms with E-state index in [4.69, 9.17) is 11.1 Å². The number of nitrogen functional groups attached to an aromatic ring is 1. The van der Waals surface area contributed by atoms with Crippen LogP contribution >= 0.6 is 28.7 Å². The number of fused-ring (bicyclic) bond motifs is 1. The molecule has 0 fully saturated rings. The summed E-state index contributed by atoms with van der Waals surface area (Å²) in [6.07, 6.45) is 0. The highest BCUT2D eigenvalue weighted by molar-refractivity contribution is 8.93. The lowest BCUT2D eigenvalue weighted by Gasteiger charge is -2.01. The molecule has 6 heteroatoms. The van der Waals surface area contributed by atoms with E-state index in [2.05, 4.69) is 4.98 Å². The Morgan fingerprint density at radius 3 is 3.17 bits per heavy atom. The zero-order chi connectivity index (χ0) is 7.84. The minimum atomic E-state index is 0. The van der Waals surface area contributed by atoms with Crippen molar-refractivity contribution in [3.8, 4) is 0 Å². The average molecular weight is 249 g/mol. The van der Waals surface area contributed by atoms with Crippen molar-refractivity contribution in [3.63, 3.8) is 0 Å². The summed E-state index contributed by atoms with van der Waals surface area (Å²) in [5, 5.41) is 8.39. The van der Waals surface area contributed by atoms with Gasteiger partial charge in [0.2, 0.25) is 0 Å². The molecule has 0 saturated heterocycles. The molecule has 66 valence electrons. The summed E-state index contributed by atoms with van der Waals surface area (Å²) < 4.78 is 1.86. The molecule has 0 unspecified atom stereocenters. The van der Waals surface area contributed by atoms with E-state index in [9.17, 15) is 0 Å². The molecule has 2 rings (SSSR count). The molecule has 3 N–H and O–H groups in total. The first-order valence-electron chi connectivity index (χ1n) is 3.32. The van der Waals surface area contributed by atoms with Crippen LogP contribution in [0.2, 0.25) is 0 Å². The molecule has 0 atom stereocenters. The molecule has 0 spiro atoms. The van der Waals surface area contributed by atoms with Crippen LogP contribution in [-0.4, -0.2) is 15.3 Å². The maximum Gasteiger partial charge on any atom is 0.171 e. The number of thioether (sulfide) groups is 1. The summed E-state index contributed by atoms with van der Waals surface area (Å²) in [4.78, 5) is 4.10. The SMILES string of the molecule is Br.N=c1cc(N)nc2n1CCS2. The van der Waals surface area contributed by atoms with Crippen molar-refractivity contribution in [2.75, 3.05) is 11.5 Å². The van der Waals surface area contributed by atoms with Gasteiger partial charge in [0.1, 0.15) is 11.3 Å². The Balaban J connectivity index is 0.000000720. The smallest absolute Gasteiger partial charge is 0.171 e. The van der Waals surface area contributed by atoms with Crippen LogP contribution in [0.5, 0.6) is 0 Å². The molecule has 0 radical (unpaired) electrons. The van der Waals surface area contributed by atoms with E-state index in [-0.39, 0.29) is 17.0 Å². The van der Waals surface area contributed by atoms with E-state index in [1.54, 1.807) is 17.8 Å². The molecule has 1 aromatic rings. The van der Waals surface area contributed by atoms with Crippen LogP contribution < -0.4 is 11.2 Å². The lowest BCUT2D eigenvalue weighted by atomic mass is 10.5. The van der Waals surface area contributed by atoms with Gasteiger partial charge in [0.25, 0.3) is 0 Å². The molecule has 0 amide bonds. The fraction of sp³-hybridized carbons (Fsp3) is 0.333. The fourth-order valence-corrected chi connectivity index (χ4v) is 2.05. The van der Waals surface area contributed by atoms with Gasteiger partial charge >= 0.3 is 0 Å². The summed E-state index contributed by atoms with van der Waals surface area (Å²) in [5.74, 6) is 1.44. The number of hydrogen-bond donors (Lipinski definition) is 2. The van der Waals surface area contributed by atoms with Gasteiger partial charge in [-0.15, -0.1) is 17.0 Å². The number of nitrogens with zero attached hydrogens (tertiary/aromatic N) is 2. The normalized spacial score (nSPS) is 13.7. The van der Waals surface area contributed by atoms with E-state index in [1.807, 2.05) is 4.57 Å². The van der Waals surface area contributed by atoms with Crippen LogP contribution in [0.3, 0.4) is 0 Å². The Hall–Kier alpha value is -0.490. The van der Waals surface area contributed by atoms with Crippen molar-refractivity contribution < 1.29 is 0 Å². The third kappa shape index (κ3) is 1.49. The third-order valence-electron chi connectivity index (χ3n) is 1.58. The van der Waals surface area contributed by atoms with Crippen molar-refractivity contribution in [1.82, 2.24) is 9.55 Å². The standard InChI is InChI=1S/C6H8N4S.BrH/c7-4-3-5(8)10-1-2-11-6(10)9-4;/h3,8H,1-2,7H2;1H. The lowest BCUT2D eigenvalue weighted by molar-refractivity contribution is 0.638. The quantitative estimate of drug-likeness (QED) is 0.662. The first kappa shape index (κ1) is 9.60. The molecule has 1 aromatic heterocycles. The zero-order valence-electron chi connectivity index (χ0n) is 6.28. The second-order valence-corrected chi connectivity index (χ2v) is 3.41. The van der Waals surface area contributed by atoms with Gasteiger partial charge in [-0.3, -0.25) is 5.41 Å². The van der Waals surface area contributed by atoms with Crippen molar-refractivity contribution in [3.05, 3.63) is 11.6 Å². The number of rotatable bonds is 0. The van der Waals surface area contributed by atoms with Crippen LogP contribution in [0.15, 0.2) is 11.2 Å². The molecule has 2 heterocycles. The molecule has 1 aliphatic heterocycles. The van der Waals surface area contributed by atoms with Crippen LogP contribution in [0, 0.1) is 5.41 Å². The predicted molar refractivity (Wildman–Crippen MR) is 53.5 cm³/mol. The first-order valence-corrected chi connectivity index (χ1v) is 4.31. The van der Waals surface area contributed by atoms with Crippen LogP contribution in [-0.2, 0) is 6.54 Å². The first-order chi connectivity index (χ1) is 5.27. The van der Waals surface area contributed by atoms with Crippen molar-refractivity contribution >= 4 is 34.6 Å². The van der Waals surface area contributed by atoms with E-state index < -0.39 is 0 Å². The number of anilines is 1. The highest BCUT2D eigenvalue weighted by Gasteiger charge is 2.11. The minimum Gasteiger partial charge on any atom is -0.383 e. The predicted octanol–water partition coefficient (Wildman–Crippen LogP) is 0.628. The number of nitrogens with one attached hydrogen (secondary N) is 1. The molecule has 0 aromatic carbocycles. The van der Waals surface area contributed by atoms with Gasteiger partial charge in [-0.2, -0.15) is 0 Å². The molecule has 0 bridgehead atoms. The largest absolute Gasteiger partial charge is 0.383 e. The summed E-state index contributed by atoms with van der Waals surface area (Å²) in [6, 6.07) is 1.58. The zero-order valence-corrected chi connectivity index (χ0v) is 8.81. The number of nitrogens with two attached hydrogens (primary N) is 1. The Morgan fingerprint density at radius 2 is 2.42 bits per heavy atom. The summed E-state index contributed by atoms with van der Waals surface area (Å²) in [5.41, 5.74) is 5.93. The van der Waals surface area contributed by atoms with E-state index in [1.165, 1.54) is 0 Å². The van der Waals surface area contributed by atoms with E-state index >= 15 is 0 Å². The number of halogens is 1. The van der Waals surface area contributed by atoms with Gasteiger partial charge in [0, 0.05) is 18.4 Å². The van der Waals surface area contributed by atoms with Crippen molar-refractivity contribution in [2.45, 2.75) is 11.7 Å². The Morgan fingerprint density at radius 1 is 1.67 bits per heavy atom. The average Bonchev–Trinajstić information content (AvgIpc) is 2.34. The number of aromatic nitrogens is 2. The van der Waals surface area contributed by atoms with E-state index in [0.29, 0.717) is 11.3 Å². The molecule has 1 aliphatic rings.